The van der Waals surface area contributed by atoms with Gasteiger partial charge in [-0.1, -0.05) is 0 Å². The molecule has 0 fully saturated rings. The monoisotopic (exact) mass is 252 g/mol. The highest BCUT2D eigenvalue weighted by molar-refractivity contribution is 5.79. The van der Waals surface area contributed by atoms with E-state index in [4.69, 9.17) is 10.6 Å². The van der Waals surface area contributed by atoms with Crippen LogP contribution in [0.1, 0.15) is 18.4 Å². The van der Waals surface area contributed by atoms with Crippen LogP contribution in [0.3, 0.4) is 0 Å². The van der Waals surface area contributed by atoms with Gasteiger partial charge < -0.3 is 10.1 Å². The highest BCUT2D eigenvalue weighted by atomic mass is 16.5. The molecule has 7 nitrogen and oxygen atoms in total. The molecule has 100 valence electrons. The molecule has 0 amide bonds. The Hall–Kier alpha value is -1.73. The average Bonchev–Trinajstić information content (AvgIpc) is 2.35. The third kappa shape index (κ3) is 5.07. The summed E-state index contributed by atoms with van der Waals surface area (Å²) in [7, 11) is 1.65. The lowest BCUT2D eigenvalue weighted by molar-refractivity contribution is 0.179. The molecule has 4 N–H and O–H groups in total. The van der Waals surface area contributed by atoms with Gasteiger partial charge in [0.15, 0.2) is 0 Å². The summed E-state index contributed by atoms with van der Waals surface area (Å²) < 4.78 is 5.02. The van der Waals surface area contributed by atoms with Crippen molar-refractivity contribution in [3.63, 3.8) is 0 Å². The molecule has 0 saturated heterocycles. The number of aliphatic imine (C=N–C) groups is 1. The molecule has 0 radical (unpaired) electrons. The van der Waals surface area contributed by atoms with Crippen molar-refractivity contribution >= 4 is 5.96 Å². The molecule has 1 unspecified atom stereocenters. The van der Waals surface area contributed by atoms with E-state index in [1.165, 1.54) is 0 Å². The smallest absolute Gasteiger partial charge is 0.206 e. The van der Waals surface area contributed by atoms with E-state index in [1.807, 2.05) is 19.9 Å². The number of hydrogen-bond acceptors (Lipinski definition) is 5. The van der Waals surface area contributed by atoms with Crippen molar-refractivity contribution in [2.24, 2.45) is 10.8 Å². The molecule has 0 bridgehead atoms. The number of hydrogen-bond donors (Lipinski definition) is 3. The second kappa shape index (κ2) is 7.57. The Morgan fingerprint density at radius 3 is 3.00 bits per heavy atom. The first-order valence-corrected chi connectivity index (χ1v) is 5.70. The number of nitrogens with two attached hydrogens (primary N) is 1. The van der Waals surface area contributed by atoms with Crippen LogP contribution in [0, 0.1) is 6.92 Å². The molecule has 0 saturated carbocycles. The summed E-state index contributed by atoms with van der Waals surface area (Å²) in [6.07, 6.45) is 1.71. The third-order valence-corrected chi connectivity index (χ3v) is 2.17. The van der Waals surface area contributed by atoms with Gasteiger partial charge in [-0.05, 0) is 19.9 Å². The standard InChI is InChI=1S/C11H20N6O/c1-8(7-18-3)15-11(17-12)14-6-10-4-5-13-9(2)16-10/h4-5,8H,6-7,12H2,1-3H3,(H2,14,15,17). The Morgan fingerprint density at radius 2 is 2.39 bits per heavy atom. The molecule has 0 aromatic carbocycles. The number of hydrazine groups is 1. The molecule has 18 heavy (non-hydrogen) atoms. The molecule has 7 heteroatoms. The summed E-state index contributed by atoms with van der Waals surface area (Å²) in [6.45, 7) is 4.84. The Bertz CT molecular complexity index is 395. The number of methoxy groups -OCH3 is 1. The molecular weight excluding hydrogens is 232 g/mol. The van der Waals surface area contributed by atoms with E-state index in [-0.39, 0.29) is 6.04 Å². The number of aromatic nitrogens is 2. The minimum absolute atomic E-state index is 0.122. The fourth-order valence-corrected chi connectivity index (χ4v) is 1.41. The summed E-state index contributed by atoms with van der Waals surface area (Å²) in [5, 5.41) is 3.10. The summed E-state index contributed by atoms with van der Waals surface area (Å²) in [4.78, 5) is 12.6. The van der Waals surface area contributed by atoms with E-state index in [0.717, 1.165) is 11.5 Å². The van der Waals surface area contributed by atoms with E-state index >= 15 is 0 Å². The SMILES string of the molecule is COCC(C)NC(=NCc1ccnc(C)n1)NN. The Balaban J connectivity index is 2.57. The Morgan fingerprint density at radius 1 is 1.61 bits per heavy atom. The lowest BCUT2D eigenvalue weighted by Gasteiger charge is -2.15. The Labute approximate surface area is 107 Å². The van der Waals surface area contributed by atoms with E-state index in [2.05, 4.69) is 25.7 Å². The van der Waals surface area contributed by atoms with E-state index in [9.17, 15) is 0 Å². The topological polar surface area (TPSA) is 97.4 Å². The normalized spacial score (nSPS) is 13.2. The maximum Gasteiger partial charge on any atom is 0.206 e. The van der Waals surface area contributed by atoms with Crippen LogP contribution in [0.15, 0.2) is 17.3 Å². The summed E-state index contributed by atoms with van der Waals surface area (Å²) in [5.74, 6) is 6.63. The first kappa shape index (κ1) is 14.3. The zero-order valence-electron chi connectivity index (χ0n) is 11.0. The van der Waals surface area contributed by atoms with Crippen molar-refractivity contribution in [2.45, 2.75) is 26.4 Å². The molecule has 1 aromatic heterocycles. The van der Waals surface area contributed by atoms with Gasteiger partial charge in [-0.2, -0.15) is 0 Å². The molecular formula is C11H20N6O. The van der Waals surface area contributed by atoms with Crippen LogP contribution >= 0.6 is 0 Å². The number of aryl methyl sites for hydroxylation is 1. The first-order valence-electron chi connectivity index (χ1n) is 5.70. The van der Waals surface area contributed by atoms with Gasteiger partial charge in [0, 0.05) is 19.3 Å². The fraction of sp³-hybridized carbons (Fsp3) is 0.545. The van der Waals surface area contributed by atoms with Crippen LogP contribution in [-0.2, 0) is 11.3 Å². The molecule has 1 atom stereocenters. The Kier molecular flexibility index (Phi) is 6.03. The van der Waals surface area contributed by atoms with Crippen molar-refractivity contribution in [1.82, 2.24) is 20.7 Å². The van der Waals surface area contributed by atoms with E-state index in [1.54, 1.807) is 13.3 Å². The largest absolute Gasteiger partial charge is 0.383 e. The van der Waals surface area contributed by atoms with Gasteiger partial charge in [0.25, 0.3) is 0 Å². The van der Waals surface area contributed by atoms with Crippen LogP contribution in [0.4, 0.5) is 0 Å². The van der Waals surface area contributed by atoms with Gasteiger partial charge in [-0.3, -0.25) is 5.43 Å². The number of guanidine groups is 1. The summed E-state index contributed by atoms with van der Waals surface area (Å²) in [6, 6.07) is 1.94. The molecule has 1 rings (SSSR count). The van der Waals surface area contributed by atoms with Crippen molar-refractivity contribution in [2.75, 3.05) is 13.7 Å². The van der Waals surface area contributed by atoms with Crippen LogP contribution in [0.2, 0.25) is 0 Å². The van der Waals surface area contributed by atoms with Crippen LogP contribution in [0.5, 0.6) is 0 Å². The average molecular weight is 252 g/mol. The molecule has 0 aliphatic rings. The second-order valence-electron chi connectivity index (χ2n) is 3.91. The van der Waals surface area contributed by atoms with Crippen molar-refractivity contribution in [3.05, 3.63) is 23.8 Å². The van der Waals surface area contributed by atoms with Crippen molar-refractivity contribution in [1.29, 1.82) is 0 Å². The number of nitrogens with zero attached hydrogens (tertiary/aromatic N) is 3. The van der Waals surface area contributed by atoms with Crippen LogP contribution in [0.25, 0.3) is 0 Å². The van der Waals surface area contributed by atoms with Crippen molar-refractivity contribution < 1.29 is 4.74 Å². The van der Waals surface area contributed by atoms with Gasteiger partial charge in [-0.15, -0.1) is 0 Å². The first-order chi connectivity index (χ1) is 8.65. The summed E-state index contributed by atoms with van der Waals surface area (Å²) >= 11 is 0. The summed E-state index contributed by atoms with van der Waals surface area (Å²) in [5.41, 5.74) is 3.36. The lowest BCUT2D eigenvalue weighted by atomic mass is 10.4. The molecule has 1 heterocycles. The maximum absolute atomic E-state index is 5.39. The predicted octanol–water partition coefficient (Wildman–Crippen LogP) is -0.271. The molecule has 0 aliphatic carbocycles. The fourth-order valence-electron chi connectivity index (χ4n) is 1.41. The number of ether oxygens (including phenoxy) is 1. The zero-order valence-corrected chi connectivity index (χ0v) is 11.0. The van der Waals surface area contributed by atoms with Gasteiger partial charge in [-0.25, -0.2) is 20.8 Å². The van der Waals surface area contributed by atoms with Gasteiger partial charge in [0.1, 0.15) is 5.82 Å². The predicted molar refractivity (Wildman–Crippen MR) is 69.7 cm³/mol. The van der Waals surface area contributed by atoms with Crippen LogP contribution in [-0.4, -0.2) is 35.7 Å². The van der Waals surface area contributed by atoms with Gasteiger partial charge >= 0.3 is 0 Å². The third-order valence-electron chi connectivity index (χ3n) is 2.17. The molecule has 1 aromatic rings. The highest BCUT2D eigenvalue weighted by Crippen LogP contribution is 1.96. The second-order valence-corrected chi connectivity index (χ2v) is 3.91. The number of nitrogens with one attached hydrogen (secondary N) is 2. The van der Waals surface area contributed by atoms with Gasteiger partial charge in [0.05, 0.1) is 18.8 Å². The zero-order chi connectivity index (χ0) is 13.4. The van der Waals surface area contributed by atoms with Gasteiger partial charge in [0.2, 0.25) is 5.96 Å². The molecule has 0 aliphatic heterocycles. The quantitative estimate of drug-likeness (QED) is 0.289. The van der Waals surface area contributed by atoms with E-state index < -0.39 is 0 Å². The minimum Gasteiger partial charge on any atom is -0.383 e. The lowest BCUT2D eigenvalue weighted by Crippen LogP contribution is -2.46. The van der Waals surface area contributed by atoms with Crippen LogP contribution < -0.4 is 16.6 Å². The highest BCUT2D eigenvalue weighted by Gasteiger charge is 2.03. The van der Waals surface area contributed by atoms with E-state index in [0.29, 0.717) is 19.1 Å². The minimum atomic E-state index is 0.122. The van der Waals surface area contributed by atoms with Crippen molar-refractivity contribution in [3.8, 4) is 0 Å². The maximum atomic E-state index is 5.39. The molecule has 0 spiro atoms. The number of rotatable bonds is 5.